The molecule has 19 heavy (non-hydrogen) atoms. The average Bonchev–Trinajstić information content (AvgIpc) is 2.46. The Morgan fingerprint density at radius 2 is 2.37 bits per heavy atom. The van der Waals surface area contributed by atoms with E-state index in [9.17, 15) is 0 Å². The molecule has 0 spiro atoms. The number of rotatable bonds is 6. The summed E-state index contributed by atoms with van der Waals surface area (Å²) >= 11 is 0. The van der Waals surface area contributed by atoms with Gasteiger partial charge in [-0.15, -0.1) is 0 Å². The van der Waals surface area contributed by atoms with E-state index in [1.54, 1.807) is 7.11 Å². The van der Waals surface area contributed by atoms with Crippen molar-refractivity contribution in [2.24, 2.45) is 5.73 Å². The largest absolute Gasteiger partial charge is 0.481 e. The van der Waals surface area contributed by atoms with Gasteiger partial charge in [0.15, 0.2) is 0 Å². The fraction of sp³-hybridized carbons (Fsp3) is 0.714. The van der Waals surface area contributed by atoms with E-state index in [4.69, 9.17) is 15.2 Å². The lowest BCUT2D eigenvalue weighted by molar-refractivity contribution is 0.00914. The molecule has 0 saturated carbocycles. The molecule has 0 bridgehead atoms. The van der Waals surface area contributed by atoms with Crippen LogP contribution >= 0.6 is 0 Å². The minimum absolute atomic E-state index is 0.116. The summed E-state index contributed by atoms with van der Waals surface area (Å²) in [6.07, 6.45) is 8.34. The van der Waals surface area contributed by atoms with Crippen LogP contribution in [0.25, 0.3) is 0 Å². The van der Waals surface area contributed by atoms with Gasteiger partial charge >= 0.3 is 0 Å². The maximum Gasteiger partial charge on any atom is 0.216 e. The van der Waals surface area contributed by atoms with Gasteiger partial charge in [-0.1, -0.05) is 0 Å². The van der Waals surface area contributed by atoms with Gasteiger partial charge in [-0.3, -0.25) is 0 Å². The van der Waals surface area contributed by atoms with Crippen LogP contribution in [0, 0.1) is 0 Å². The maximum atomic E-state index is 6.16. The highest BCUT2D eigenvalue weighted by atomic mass is 16.5. The fourth-order valence-corrected chi connectivity index (χ4v) is 2.41. The molecule has 2 heterocycles. The molecule has 1 saturated heterocycles. The van der Waals surface area contributed by atoms with Crippen LogP contribution in [0.2, 0.25) is 0 Å². The zero-order chi connectivity index (χ0) is 13.5. The quantitative estimate of drug-likeness (QED) is 0.847. The van der Waals surface area contributed by atoms with Crippen molar-refractivity contribution in [1.29, 1.82) is 0 Å². The molecular formula is C14H23N3O2. The molecule has 0 aromatic carbocycles. The number of nitrogens with two attached hydrogens (primary N) is 1. The van der Waals surface area contributed by atoms with E-state index in [1.807, 2.05) is 6.07 Å². The van der Waals surface area contributed by atoms with Crippen molar-refractivity contribution in [2.45, 2.75) is 50.7 Å². The van der Waals surface area contributed by atoms with Gasteiger partial charge in [0.05, 0.1) is 13.2 Å². The van der Waals surface area contributed by atoms with Crippen LogP contribution in [0.3, 0.4) is 0 Å². The number of hydrogen-bond donors (Lipinski definition) is 1. The van der Waals surface area contributed by atoms with Gasteiger partial charge in [-0.2, -0.15) is 0 Å². The van der Waals surface area contributed by atoms with Gasteiger partial charge < -0.3 is 15.2 Å². The third-order valence-corrected chi connectivity index (χ3v) is 3.51. The fourth-order valence-electron chi connectivity index (χ4n) is 2.41. The zero-order valence-corrected chi connectivity index (χ0v) is 11.5. The lowest BCUT2D eigenvalue weighted by Gasteiger charge is -2.23. The number of hydrogen-bond acceptors (Lipinski definition) is 5. The van der Waals surface area contributed by atoms with Crippen molar-refractivity contribution in [3.05, 3.63) is 18.1 Å². The van der Waals surface area contributed by atoms with Crippen LogP contribution in [0.15, 0.2) is 12.4 Å². The molecule has 0 amide bonds. The molecule has 2 rings (SSSR count). The number of aromatic nitrogens is 2. The Morgan fingerprint density at radius 3 is 3.11 bits per heavy atom. The first-order chi connectivity index (χ1) is 9.28. The monoisotopic (exact) mass is 265 g/mol. The van der Waals surface area contributed by atoms with E-state index < -0.39 is 0 Å². The lowest BCUT2D eigenvalue weighted by Crippen LogP contribution is -2.27. The minimum Gasteiger partial charge on any atom is -0.481 e. The number of ether oxygens (including phenoxy) is 2. The van der Waals surface area contributed by atoms with Crippen LogP contribution in [-0.4, -0.2) is 35.8 Å². The lowest BCUT2D eigenvalue weighted by atomic mass is 10.00. The highest BCUT2D eigenvalue weighted by Gasteiger charge is 2.15. The third kappa shape index (κ3) is 4.76. The SMILES string of the molecule is COc1cc(CC(N)CCC2CCCCO2)ncn1. The molecule has 2 atom stereocenters. The zero-order valence-electron chi connectivity index (χ0n) is 11.5. The summed E-state index contributed by atoms with van der Waals surface area (Å²) in [5.41, 5.74) is 7.09. The van der Waals surface area contributed by atoms with Crippen molar-refractivity contribution in [2.75, 3.05) is 13.7 Å². The standard InChI is InChI=1S/C14H23N3O2/c1-18-14-9-12(16-10-17-14)8-11(15)5-6-13-4-2-3-7-19-13/h9-11,13H,2-8,15H2,1H3. The van der Waals surface area contributed by atoms with Crippen LogP contribution in [-0.2, 0) is 11.2 Å². The summed E-state index contributed by atoms with van der Waals surface area (Å²) in [5, 5.41) is 0. The second-order valence-electron chi connectivity index (χ2n) is 5.08. The predicted octanol–water partition coefficient (Wildman–Crippen LogP) is 1.70. The van der Waals surface area contributed by atoms with E-state index in [2.05, 4.69) is 9.97 Å². The smallest absolute Gasteiger partial charge is 0.216 e. The molecule has 1 aliphatic rings. The van der Waals surface area contributed by atoms with E-state index >= 15 is 0 Å². The topological polar surface area (TPSA) is 70.3 Å². The first-order valence-electron chi connectivity index (χ1n) is 7.00. The van der Waals surface area contributed by atoms with Gasteiger partial charge in [0, 0.05) is 30.8 Å². The summed E-state index contributed by atoms with van der Waals surface area (Å²) in [7, 11) is 1.60. The van der Waals surface area contributed by atoms with Crippen molar-refractivity contribution in [1.82, 2.24) is 9.97 Å². The average molecular weight is 265 g/mol. The van der Waals surface area contributed by atoms with Gasteiger partial charge in [0.2, 0.25) is 5.88 Å². The van der Waals surface area contributed by atoms with E-state index in [0.717, 1.165) is 31.6 Å². The Balaban J connectivity index is 1.75. The van der Waals surface area contributed by atoms with E-state index in [-0.39, 0.29) is 6.04 Å². The maximum absolute atomic E-state index is 6.16. The molecule has 106 valence electrons. The summed E-state index contributed by atoms with van der Waals surface area (Å²) in [6.45, 7) is 0.906. The summed E-state index contributed by atoms with van der Waals surface area (Å²) < 4.78 is 10.8. The van der Waals surface area contributed by atoms with Gasteiger partial charge in [0.25, 0.3) is 0 Å². The van der Waals surface area contributed by atoms with E-state index in [1.165, 1.54) is 25.6 Å². The van der Waals surface area contributed by atoms with Crippen LogP contribution in [0.4, 0.5) is 0 Å². The van der Waals surface area contributed by atoms with Crippen molar-refractivity contribution in [3.63, 3.8) is 0 Å². The molecule has 2 N–H and O–H groups in total. The minimum atomic E-state index is 0.116. The third-order valence-electron chi connectivity index (χ3n) is 3.51. The van der Waals surface area contributed by atoms with Gasteiger partial charge in [0.1, 0.15) is 6.33 Å². The summed E-state index contributed by atoms with van der Waals surface area (Å²) in [5.74, 6) is 0.591. The van der Waals surface area contributed by atoms with Crippen LogP contribution in [0.5, 0.6) is 5.88 Å². The molecule has 2 unspecified atom stereocenters. The molecule has 1 aromatic rings. The van der Waals surface area contributed by atoms with Crippen molar-refractivity contribution in [3.8, 4) is 5.88 Å². The van der Waals surface area contributed by atoms with Crippen LogP contribution in [0.1, 0.15) is 37.8 Å². The number of methoxy groups -OCH3 is 1. The van der Waals surface area contributed by atoms with Gasteiger partial charge in [-0.05, 0) is 32.1 Å². The Hall–Kier alpha value is -1.20. The van der Waals surface area contributed by atoms with Crippen LogP contribution < -0.4 is 10.5 Å². The molecule has 0 radical (unpaired) electrons. The molecule has 5 nitrogen and oxygen atoms in total. The first-order valence-corrected chi connectivity index (χ1v) is 7.00. The molecule has 1 aromatic heterocycles. The molecule has 1 fully saturated rings. The molecule has 5 heteroatoms. The Kier molecular flexibility index (Phi) is 5.54. The van der Waals surface area contributed by atoms with Crippen molar-refractivity contribution < 1.29 is 9.47 Å². The van der Waals surface area contributed by atoms with Crippen molar-refractivity contribution >= 4 is 0 Å². The normalized spacial score (nSPS) is 21.1. The Labute approximate surface area is 114 Å². The highest BCUT2D eigenvalue weighted by molar-refractivity contribution is 5.14. The molecular weight excluding hydrogens is 242 g/mol. The molecule has 1 aliphatic heterocycles. The Morgan fingerprint density at radius 1 is 1.47 bits per heavy atom. The second-order valence-corrected chi connectivity index (χ2v) is 5.08. The number of nitrogens with zero attached hydrogens (tertiary/aromatic N) is 2. The highest BCUT2D eigenvalue weighted by Crippen LogP contribution is 2.18. The summed E-state index contributed by atoms with van der Waals surface area (Å²) in [4.78, 5) is 8.21. The molecule has 0 aliphatic carbocycles. The second kappa shape index (κ2) is 7.40. The predicted molar refractivity (Wildman–Crippen MR) is 73.1 cm³/mol. The summed E-state index contributed by atoms with van der Waals surface area (Å²) in [6, 6.07) is 1.96. The van der Waals surface area contributed by atoms with Gasteiger partial charge in [-0.25, -0.2) is 9.97 Å². The Bertz CT molecular complexity index is 381. The van der Waals surface area contributed by atoms with E-state index in [0.29, 0.717) is 12.0 Å². The first kappa shape index (κ1) is 14.2.